The summed E-state index contributed by atoms with van der Waals surface area (Å²) in [6.45, 7) is 2.40. The van der Waals surface area contributed by atoms with Crippen molar-refractivity contribution in [2.24, 2.45) is 0 Å². The third-order valence-electron chi connectivity index (χ3n) is 7.93. The second-order valence-corrected chi connectivity index (χ2v) is 32.2. The zero-order chi connectivity index (χ0) is 21.6. The van der Waals surface area contributed by atoms with Crippen LogP contribution in [0.3, 0.4) is 0 Å². The van der Waals surface area contributed by atoms with Crippen LogP contribution in [0.2, 0.25) is 0 Å². The minimum absolute atomic E-state index is 0. The third-order valence-corrected chi connectivity index (χ3v) is 35.8. The molecular weight excluding hydrogens is 639 g/mol. The standard InChI is InChI=1S/2C9H7.2C6H5.2BrH.H2Si.Zr/c2*1-2-5-9-7-3-6-8(9)4-1;2*1-2-4-6-5-3-1;;;;/h2*1-7H;2*1-5H;2*1H;1H2;. The Bertz CT molecular complexity index is 1330. The van der Waals surface area contributed by atoms with Gasteiger partial charge in [-0.3, -0.25) is 0 Å². The van der Waals surface area contributed by atoms with E-state index in [0.29, 0.717) is 7.25 Å². The van der Waals surface area contributed by atoms with E-state index in [2.05, 4.69) is 140 Å². The van der Waals surface area contributed by atoms with Crippen molar-refractivity contribution >= 4 is 59.5 Å². The number of halogens is 2. The summed E-state index contributed by atoms with van der Waals surface area (Å²) in [6.07, 6.45) is 9.82. The number of benzene rings is 4. The van der Waals surface area contributed by atoms with Gasteiger partial charge in [0.1, 0.15) is 0 Å². The molecule has 0 fully saturated rings. The van der Waals surface area contributed by atoms with Gasteiger partial charge in [-0.1, -0.05) is 0 Å². The van der Waals surface area contributed by atoms with Gasteiger partial charge in [0.15, 0.2) is 0 Å². The summed E-state index contributed by atoms with van der Waals surface area (Å²) in [5.74, 6) is 0. The first kappa shape index (κ1) is 25.5. The van der Waals surface area contributed by atoms with Crippen molar-refractivity contribution in [1.29, 1.82) is 0 Å². The van der Waals surface area contributed by atoms with Crippen LogP contribution in [0.5, 0.6) is 0 Å². The van der Waals surface area contributed by atoms with Crippen molar-refractivity contribution in [3.8, 4) is 0 Å². The zero-order valence-electron chi connectivity index (χ0n) is 18.9. The second kappa shape index (κ2) is 9.82. The molecular formula is C30H28Br2SiZr. The maximum absolute atomic E-state index is 4.14. The molecule has 4 aromatic carbocycles. The van der Waals surface area contributed by atoms with Crippen LogP contribution >= 0.6 is 34.0 Å². The first-order valence-corrected chi connectivity index (χ1v) is 22.6. The van der Waals surface area contributed by atoms with E-state index < -0.39 is 17.4 Å². The Morgan fingerprint density at radius 2 is 0.824 bits per heavy atom. The fraction of sp³-hybridized carbons (Fsp3) is 0.0667. The van der Waals surface area contributed by atoms with Gasteiger partial charge < -0.3 is 0 Å². The van der Waals surface area contributed by atoms with Crippen molar-refractivity contribution in [3.63, 3.8) is 0 Å². The maximum atomic E-state index is 2.54. The zero-order valence-corrected chi connectivity index (χ0v) is 26.2. The molecule has 0 radical (unpaired) electrons. The van der Waals surface area contributed by atoms with Gasteiger partial charge in [0, 0.05) is 0 Å². The Morgan fingerprint density at radius 1 is 0.471 bits per heavy atom. The number of rotatable bonds is 4. The molecule has 0 aliphatic heterocycles. The Morgan fingerprint density at radius 3 is 1.24 bits per heavy atom. The van der Waals surface area contributed by atoms with Crippen molar-refractivity contribution in [3.05, 3.63) is 144 Å². The molecule has 34 heavy (non-hydrogen) atoms. The van der Waals surface area contributed by atoms with Crippen LogP contribution in [0.4, 0.5) is 0 Å². The SMILES string of the molecule is Br.Br.[SiH2]=[Zr]([c]1ccccc1)([c]1ccccc1)([CH]1C=Cc2ccccc21)[CH]1C=Cc2ccccc21. The van der Waals surface area contributed by atoms with Crippen LogP contribution in [-0.4, -0.2) is 6.88 Å². The van der Waals surface area contributed by atoms with E-state index in [9.17, 15) is 0 Å². The van der Waals surface area contributed by atoms with Gasteiger partial charge in [0.2, 0.25) is 0 Å². The Labute approximate surface area is 225 Å². The first-order chi connectivity index (χ1) is 15.7. The van der Waals surface area contributed by atoms with Crippen LogP contribution in [0, 0.1) is 0 Å². The van der Waals surface area contributed by atoms with E-state index in [-0.39, 0.29) is 34.0 Å². The van der Waals surface area contributed by atoms with E-state index in [4.69, 9.17) is 0 Å². The van der Waals surface area contributed by atoms with Gasteiger partial charge in [-0.25, -0.2) is 0 Å². The van der Waals surface area contributed by atoms with Gasteiger partial charge in [-0.05, 0) is 0 Å². The Kier molecular flexibility index (Phi) is 7.37. The summed E-state index contributed by atoms with van der Waals surface area (Å²) >= 11 is -4.14. The van der Waals surface area contributed by atoms with Gasteiger partial charge >= 0.3 is 194 Å². The number of fused-ring (bicyclic) bond motifs is 2. The molecule has 170 valence electrons. The molecule has 0 N–H and O–H groups in total. The molecule has 0 nitrogen and oxygen atoms in total. The average molecular weight is 668 g/mol. The summed E-state index contributed by atoms with van der Waals surface area (Å²) in [4.78, 5) is 0. The molecule has 0 aromatic heterocycles. The molecule has 2 aliphatic rings. The fourth-order valence-corrected chi connectivity index (χ4v) is 30.9. The van der Waals surface area contributed by atoms with E-state index in [0.717, 1.165) is 0 Å². The predicted molar refractivity (Wildman–Crippen MR) is 158 cm³/mol. The fourth-order valence-electron chi connectivity index (χ4n) is 6.39. The van der Waals surface area contributed by atoms with E-state index in [1.165, 1.54) is 22.3 Å². The minimum atomic E-state index is -4.14. The van der Waals surface area contributed by atoms with Crippen LogP contribution in [0.25, 0.3) is 12.2 Å². The summed E-state index contributed by atoms with van der Waals surface area (Å²) in [7, 11) is 0. The quantitative estimate of drug-likeness (QED) is 0.216. The van der Waals surface area contributed by atoms with E-state index in [1.807, 2.05) is 0 Å². The van der Waals surface area contributed by atoms with Crippen molar-refractivity contribution < 1.29 is 17.4 Å². The summed E-state index contributed by atoms with van der Waals surface area (Å²) in [6, 6.07) is 41.1. The third kappa shape index (κ3) is 3.53. The topological polar surface area (TPSA) is 0 Å². The van der Waals surface area contributed by atoms with Gasteiger partial charge in [0.05, 0.1) is 0 Å². The van der Waals surface area contributed by atoms with Crippen LogP contribution < -0.4 is 6.54 Å². The van der Waals surface area contributed by atoms with Crippen molar-refractivity contribution in [2.75, 3.05) is 0 Å². The monoisotopic (exact) mass is 664 g/mol. The second-order valence-electron chi connectivity index (χ2n) is 9.29. The van der Waals surface area contributed by atoms with Crippen molar-refractivity contribution in [1.82, 2.24) is 0 Å². The predicted octanol–water partition coefficient (Wildman–Crippen LogP) is 6.57. The van der Waals surface area contributed by atoms with Crippen LogP contribution in [-0.2, 0) is 17.4 Å². The molecule has 4 aromatic rings. The normalized spacial score (nSPS) is 17.9. The first-order valence-electron chi connectivity index (χ1n) is 11.4. The summed E-state index contributed by atoms with van der Waals surface area (Å²) < 4.78 is 3.96. The molecule has 6 rings (SSSR count). The number of allylic oxidation sites excluding steroid dienone is 2. The molecule has 2 atom stereocenters. The number of hydrogen-bond acceptors (Lipinski definition) is 0. The Hall–Kier alpha value is -1.58. The Balaban J connectivity index is 0.00000137. The molecule has 0 saturated heterocycles. The molecule has 0 bridgehead atoms. The summed E-state index contributed by atoms with van der Waals surface area (Å²) in [5.41, 5.74) is 5.76. The van der Waals surface area contributed by atoms with Gasteiger partial charge in [0.25, 0.3) is 0 Å². The molecule has 0 heterocycles. The van der Waals surface area contributed by atoms with E-state index in [1.54, 1.807) is 6.54 Å². The van der Waals surface area contributed by atoms with Gasteiger partial charge in [-0.15, -0.1) is 34.0 Å². The van der Waals surface area contributed by atoms with E-state index >= 15 is 0 Å². The summed E-state index contributed by atoms with van der Waals surface area (Å²) in [5, 5.41) is 0. The molecule has 2 aliphatic carbocycles. The molecule has 0 amide bonds. The van der Waals surface area contributed by atoms with Gasteiger partial charge in [-0.2, -0.15) is 0 Å². The molecule has 2 unspecified atom stereocenters. The van der Waals surface area contributed by atoms with Crippen molar-refractivity contribution in [2.45, 2.75) is 7.25 Å². The van der Waals surface area contributed by atoms with Crippen LogP contribution in [0.15, 0.2) is 121 Å². The average Bonchev–Trinajstić information content (AvgIpc) is 3.50. The molecule has 0 spiro atoms. The van der Waals surface area contributed by atoms with Crippen LogP contribution in [0.1, 0.15) is 29.5 Å². The molecule has 4 heteroatoms. The molecule has 0 saturated carbocycles. The number of hydrogen-bond donors (Lipinski definition) is 0.